The standard InChI is InChI=1S/C28H36N4O7.C2H6/c1-13-7-8-17(22(34)23(13)36-6)21-19-11-18-20(26-25(37-12-38-26)14(2)24(18)39-16(4)33)27(30-28(35)15(3)29)32(19)10-9-31(21)5;1-2/h7-8,15,19,21,27,34H,9-12,29H2,1-6H3,(H,30,35);1-2H3/t15-,19?,21-,27?;/m1./s1. The number of benzene rings is 2. The maximum absolute atomic E-state index is 13.0. The van der Waals surface area contributed by atoms with E-state index in [2.05, 4.69) is 15.1 Å². The van der Waals surface area contributed by atoms with E-state index in [-0.39, 0.29) is 30.5 Å². The highest BCUT2D eigenvalue weighted by molar-refractivity contribution is 5.82. The Hall–Kier alpha value is -3.54. The minimum absolute atomic E-state index is 0.0198. The summed E-state index contributed by atoms with van der Waals surface area (Å²) in [6.07, 6.45) is -0.168. The third-order valence-electron chi connectivity index (χ3n) is 7.95. The van der Waals surface area contributed by atoms with E-state index in [0.29, 0.717) is 59.2 Å². The van der Waals surface area contributed by atoms with Crippen molar-refractivity contribution in [3.8, 4) is 28.7 Å². The molecular formula is C30H42N4O7. The number of phenols is 1. The van der Waals surface area contributed by atoms with Gasteiger partial charge < -0.3 is 35.1 Å². The Bertz CT molecular complexity index is 1330. The van der Waals surface area contributed by atoms with Crippen molar-refractivity contribution in [3.63, 3.8) is 0 Å². The number of likely N-dealkylation sites (N-methyl/N-ethyl adjacent to an activating group) is 1. The molecule has 4 N–H and O–H groups in total. The normalized spacial score (nSPS) is 22.0. The van der Waals surface area contributed by atoms with Crippen LogP contribution >= 0.6 is 0 Å². The van der Waals surface area contributed by atoms with Crippen molar-refractivity contribution in [3.05, 3.63) is 39.9 Å². The van der Waals surface area contributed by atoms with E-state index in [0.717, 1.165) is 11.1 Å². The predicted molar refractivity (Wildman–Crippen MR) is 153 cm³/mol. The molecule has 0 radical (unpaired) electrons. The van der Waals surface area contributed by atoms with Crippen LogP contribution in [0.25, 0.3) is 0 Å². The van der Waals surface area contributed by atoms with Crippen molar-refractivity contribution in [1.29, 1.82) is 0 Å². The number of carbonyl (C=O) groups is 2. The minimum atomic E-state index is -0.744. The number of nitrogens with two attached hydrogens (primary N) is 1. The van der Waals surface area contributed by atoms with Gasteiger partial charge in [0.25, 0.3) is 0 Å². The molecular weight excluding hydrogens is 528 g/mol. The van der Waals surface area contributed by atoms with Crippen molar-refractivity contribution in [2.24, 2.45) is 5.73 Å². The summed E-state index contributed by atoms with van der Waals surface area (Å²) in [6.45, 7) is 12.0. The Morgan fingerprint density at radius 3 is 2.46 bits per heavy atom. The van der Waals surface area contributed by atoms with Crippen LogP contribution in [0, 0.1) is 13.8 Å². The molecule has 5 rings (SSSR count). The van der Waals surface area contributed by atoms with Crippen LogP contribution in [0.5, 0.6) is 28.7 Å². The molecule has 0 bridgehead atoms. The summed E-state index contributed by atoms with van der Waals surface area (Å²) in [5.74, 6) is 1.15. The zero-order chi connectivity index (χ0) is 30.2. The first kappa shape index (κ1) is 30.4. The van der Waals surface area contributed by atoms with Gasteiger partial charge in [0.05, 0.1) is 19.2 Å². The van der Waals surface area contributed by atoms with Gasteiger partial charge in [-0.25, -0.2) is 0 Å². The summed E-state index contributed by atoms with van der Waals surface area (Å²) in [4.78, 5) is 29.6. The Kier molecular flexibility index (Phi) is 9.00. The number of amides is 1. The molecule has 3 aliphatic heterocycles. The second-order valence-corrected chi connectivity index (χ2v) is 10.5. The maximum Gasteiger partial charge on any atom is 0.308 e. The van der Waals surface area contributed by atoms with E-state index >= 15 is 0 Å². The molecule has 3 aliphatic rings. The van der Waals surface area contributed by atoms with E-state index in [9.17, 15) is 14.7 Å². The van der Waals surface area contributed by atoms with Gasteiger partial charge in [-0.05, 0) is 39.8 Å². The first-order valence-corrected chi connectivity index (χ1v) is 14.1. The first-order valence-electron chi connectivity index (χ1n) is 14.1. The maximum atomic E-state index is 13.0. The van der Waals surface area contributed by atoms with Crippen molar-refractivity contribution in [1.82, 2.24) is 15.1 Å². The van der Waals surface area contributed by atoms with Crippen LogP contribution in [0.15, 0.2) is 12.1 Å². The van der Waals surface area contributed by atoms with Crippen molar-refractivity contribution in [2.45, 2.75) is 72.3 Å². The number of phenolic OH excluding ortho intramolecular Hbond substituents is 1. The number of hydrogen-bond acceptors (Lipinski definition) is 10. The van der Waals surface area contributed by atoms with Gasteiger partial charge in [0.15, 0.2) is 23.0 Å². The number of nitrogens with zero attached hydrogens (tertiary/aromatic N) is 2. The topological polar surface area (TPSA) is 136 Å². The number of aromatic hydroxyl groups is 1. The highest BCUT2D eigenvalue weighted by atomic mass is 16.7. The van der Waals surface area contributed by atoms with E-state index in [1.807, 2.05) is 46.9 Å². The predicted octanol–water partition coefficient (Wildman–Crippen LogP) is 3.07. The van der Waals surface area contributed by atoms with E-state index in [1.165, 1.54) is 14.0 Å². The van der Waals surface area contributed by atoms with E-state index < -0.39 is 18.2 Å². The van der Waals surface area contributed by atoms with Crippen LogP contribution < -0.4 is 30.0 Å². The van der Waals surface area contributed by atoms with Gasteiger partial charge >= 0.3 is 5.97 Å². The molecule has 1 saturated heterocycles. The first-order chi connectivity index (χ1) is 19.5. The van der Waals surface area contributed by atoms with Gasteiger partial charge in [-0.2, -0.15) is 0 Å². The number of fused-ring (bicyclic) bond motifs is 4. The van der Waals surface area contributed by atoms with Gasteiger partial charge in [0.2, 0.25) is 12.7 Å². The lowest BCUT2D eigenvalue weighted by atomic mass is 9.81. The zero-order valence-corrected chi connectivity index (χ0v) is 25.2. The highest BCUT2D eigenvalue weighted by Gasteiger charge is 2.48. The quantitative estimate of drug-likeness (QED) is 0.363. The van der Waals surface area contributed by atoms with Crippen LogP contribution in [0.1, 0.15) is 67.7 Å². The molecule has 11 heteroatoms. The highest BCUT2D eigenvalue weighted by Crippen LogP contribution is 2.54. The Morgan fingerprint density at radius 1 is 1.15 bits per heavy atom. The van der Waals surface area contributed by atoms with Gasteiger partial charge in [0.1, 0.15) is 11.9 Å². The number of aryl methyl sites for hydroxylation is 1. The Labute approximate surface area is 241 Å². The molecule has 2 aromatic carbocycles. The Balaban J connectivity index is 0.00000189. The number of nitrogens with one attached hydrogen (secondary N) is 1. The monoisotopic (exact) mass is 570 g/mol. The number of ether oxygens (including phenoxy) is 4. The largest absolute Gasteiger partial charge is 0.504 e. The molecule has 224 valence electrons. The lowest BCUT2D eigenvalue weighted by Crippen LogP contribution is -2.61. The molecule has 11 nitrogen and oxygen atoms in total. The molecule has 0 spiro atoms. The average Bonchev–Trinajstić information content (AvgIpc) is 3.43. The summed E-state index contributed by atoms with van der Waals surface area (Å²) in [6, 6.07) is 2.61. The van der Waals surface area contributed by atoms with E-state index in [4.69, 9.17) is 24.7 Å². The average molecular weight is 571 g/mol. The molecule has 2 unspecified atom stereocenters. The molecule has 0 saturated carbocycles. The molecule has 2 aromatic rings. The smallest absolute Gasteiger partial charge is 0.308 e. The van der Waals surface area contributed by atoms with Crippen LogP contribution in [0.3, 0.4) is 0 Å². The lowest BCUT2D eigenvalue weighted by Gasteiger charge is -2.52. The fourth-order valence-corrected chi connectivity index (χ4v) is 6.15. The number of methoxy groups -OCH3 is 1. The van der Waals surface area contributed by atoms with Crippen LogP contribution in [-0.2, 0) is 16.0 Å². The number of carbonyl (C=O) groups excluding carboxylic acids is 2. The number of esters is 1. The molecule has 4 atom stereocenters. The van der Waals surface area contributed by atoms with Gasteiger partial charge in [-0.3, -0.25) is 19.4 Å². The minimum Gasteiger partial charge on any atom is -0.504 e. The second-order valence-electron chi connectivity index (χ2n) is 10.5. The molecule has 0 aromatic heterocycles. The number of hydrogen-bond donors (Lipinski definition) is 3. The van der Waals surface area contributed by atoms with Gasteiger partial charge in [-0.15, -0.1) is 0 Å². The van der Waals surface area contributed by atoms with E-state index in [1.54, 1.807) is 6.92 Å². The van der Waals surface area contributed by atoms with Crippen molar-refractivity contribution < 1.29 is 33.6 Å². The third-order valence-corrected chi connectivity index (χ3v) is 7.95. The molecule has 41 heavy (non-hydrogen) atoms. The Morgan fingerprint density at radius 2 is 1.83 bits per heavy atom. The number of piperazine rings is 1. The van der Waals surface area contributed by atoms with Gasteiger partial charge in [0, 0.05) is 48.3 Å². The fraction of sp³-hybridized carbons (Fsp3) is 0.533. The van der Waals surface area contributed by atoms with Crippen molar-refractivity contribution in [2.75, 3.05) is 34.0 Å². The van der Waals surface area contributed by atoms with Crippen LogP contribution in [-0.4, -0.2) is 72.9 Å². The summed E-state index contributed by atoms with van der Waals surface area (Å²) in [5, 5.41) is 14.4. The summed E-state index contributed by atoms with van der Waals surface area (Å²) in [5.41, 5.74) is 9.61. The van der Waals surface area contributed by atoms with Gasteiger partial charge in [-0.1, -0.05) is 26.0 Å². The second kappa shape index (κ2) is 12.1. The SMILES string of the molecule is CC.COc1c(C)ccc([C@@H]2C3Cc4c(OC(C)=O)c(C)c5c(c4C(NC(=O)[C@@H](C)N)N3CCN2C)OCO5)c1O. The summed E-state index contributed by atoms with van der Waals surface area (Å²) in [7, 11) is 3.55. The number of rotatable bonds is 5. The molecule has 1 fully saturated rings. The van der Waals surface area contributed by atoms with Crippen LogP contribution in [0.4, 0.5) is 0 Å². The molecule has 1 amide bonds. The zero-order valence-electron chi connectivity index (χ0n) is 25.2. The molecule has 3 heterocycles. The third kappa shape index (κ3) is 5.29. The molecule has 0 aliphatic carbocycles. The van der Waals surface area contributed by atoms with Crippen LogP contribution in [0.2, 0.25) is 0 Å². The summed E-state index contributed by atoms with van der Waals surface area (Å²) >= 11 is 0. The lowest BCUT2D eigenvalue weighted by molar-refractivity contribution is -0.132. The van der Waals surface area contributed by atoms with Crippen molar-refractivity contribution >= 4 is 11.9 Å². The fourth-order valence-electron chi connectivity index (χ4n) is 6.15. The summed E-state index contributed by atoms with van der Waals surface area (Å²) < 4.78 is 23.0.